The lowest BCUT2D eigenvalue weighted by molar-refractivity contribution is -0.578. The van der Waals surface area contributed by atoms with Crippen LogP contribution in [0.5, 0.6) is 0 Å². The Morgan fingerprint density at radius 2 is 1.77 bits per heavy atom. The standard InChI is InChI=1S/C24H23FN2O2S/c1-16(2)18-7-11-21(12-8-18)26-24(30)22(27-13-3-4-17(14-27)15-28)23(29)19-5-9-20(25)10-6-19/h3-14,16,28H,15H2,1-2H3,(H-,26,29,30). The Kier molecular flexibility index (Phi) is 6.92. The zero-order valence-electron chi connectivity index (χ0n) is 16.8. The van der Waals surface area contributed by atoms with E-state index in [2.05, 4.69) is 19.2 Å². The van der Waals surface area contributed by atoms with Gasteiger partial charge in [0.1, 0.15) is 5.82 Å². The minimum absolute atomic E-state index is 0.171. The number of thiocarbonyl (C=S) groups is 1. The number of nitrogens with zero attached hydrogens (tertiary/aromatic N) is 1. The van der Waals surface area contributed by atoms with E-state index < -0.39 is 5.82 Å². The van der Waals surface area contributed by atoms with E-state index in [1.54, 1.807) is 29.1 Å². The van der Waals surface area contributed by atoms with E-state index in [9.17, 15) is 14.6 Å². The number of hydrogen-bond acceptors (Lipinski definition) is 3. The first-order valence-corrected chi connectivity index (χ1v) is 10.00. The van der Waals surface area contributed by atoms with E-state index in [0.29, 0.717) is 17.0 Å². The summed E-state index contributed by atoms with van der Waals surface area (Å²) < 4.78 is 14.9. The van der Waals surface area contributed by atoms with Gasteiger partial charge in [0.15, 0.2) is 17.4 Å². The van der Waals surface area contributed by atoms with Crippen LogP contribution in [0.2, 0.25) is 0 Å². The van der Waals surface area contributed by atoms with Crippen molar-refractivity contribution in [2.24, 2.45) is 0 Å². The molecule has 1 heterocycles. The molecule has 0 saturated heterocycles. The predicted octanol–water partition coefficient (Wildman–Crippen LogP) is 3.85. The number of aliphatic hydroxyl groups excluding tert-OH is 1. The number of aliphatic hydroxyl groups is 1. The minimum Gasteiger partial charge on any atom is -0.867 e. The molecule has 0 spiro atoms. The van der Waals surface area contributed by atoms with Crippen LogP contribution in [-0.2, 0) is 6.61 Å². The van der Waals surface area contributed by atoms with Gasteiger partial charge in [-0.1, -0.05) is 50.3 Å². The number of anilines is 1. The average Bonchev–Trinajstić information content (AvgIpc) is 2.75. The maximum atomic E-state index is 13.3. The van der Waals surface area contributed by atoms with Gasteiger partial charge in [0.2, 0.25) is 5.70 Å². The van der Waals surface area contributed by atoms with Crippen molar-refractivity contribution in [3.63, 3.8) is 0 Å². The molecule has 0 unspecified atom stereocenters. The van der Waals surface area contributed by atoms with E-state index >= 15 is 0 Å². The summed E-state index contributed by atoms with van der Waals surface area (Å²) in [5.41, 5.74) is 3.11. The average molecular weight is 423 g/mol. The molecule has 4 nitrogen and oxygen atoms in total. The van der Waals surface area contributed by atoms with Crippen LogP contribution in [0.1, 0.15) is 36.5 Å². The van der Waals surface area contributed by atoms with Gasteiger partial charge < -0.3 is 15.5 Å². The van der Waals surface area contributed by atoms with Gasteiger partial charge in [-0.25, -0.2) is 4.39 Å². The first kappa shape index (κ1) is 21.6. The fourth-order valence-corrected chi connectivity index (χ4v) is 3.29. The van der Waals surface area contributed by atoms with Crippen LogP contribution < -0.4 is 15.0 Å². The SMILES string of the molecule is CC(C)c1ccc(NC(=S)C(=C([O-])c2ccc(F)cc2)[n+]2cccc(CO)c2)cc1. The Bertz CT molecular complexity index is 1060. The molecule has 0 aliphatic carbocycles. The van der Waals surface area contributed by atoms with Crippen molar-refractivity contribution in [2.75, 3.05) is 5.32 Å². The van der Waals surface area contributed by atoms with Crippen LogP contribution >= 0.6 is 12.2 Å². The third-order valence-electron chi connectivity index (χ3n) is 4.67. The van der Waals surface area contributed by atoms with Crippen LogP contribution in [-0.4, -0.2) is 10.1 Å². The van der Waals surface area contributed by atoms with Gasteiger partial charge in [-0.2, -0.15) is 4.57 Å². The van der Waals surface area contributed by atoms with Gasteiger partial charge >= 0.3 is 0 Å². The number of halogens is 1. The molecular weight excluding hydrogens is 399 g/mol. The Hall–Kier alpha value is -3.09. The number of pyridine rings is 1. The van der Waals surface area contributed by atoms with Gasteiger partial charge in [-0.05, 0) is 53.1 Å². The molecule has 2 N–H and O–H groups in total. The van der Waals surface area contributed by atoms with Crippen LogP contribution in [0.25, 0.3) is 11.5 Å². The Balaban J connectivity index is 2.03. The molecule has 0 bridgehead atoms. The summed E-state index contributed by atoms with van der Waals surface area (Å²) in [5, 5.41) is 25.9. The first-order valence-electron chi connectivity index (χ1n) is 9.59. The smallest absolute Gasteiger partial charge is 0.238 e. The second kappa shape index (κ2) is 9.61. The first-order chi connectivity index (χ1) is 14.4. The highest BCUT2D eigenvalue weighted by Crippen LogP contribution is 2.20. The van der Waals surface area contributed by atoms with Gasteiger partial charge in [0, 0.05) is 17.3 Å². The van der Waals surface area contributed by atoms with E-state index in [1.165, 1.54) is 29.8 Å². The summed E-state index contributed by atoms with van der Waals surface area (Å²) in [6, 6.07) is 16.6. The van der Waals surface area contributed by atoms with Gasteiger partial charge in [0.25, 0.3) is 0 Å². The fraction of sp³-hybridized carbons (Fsp3) is 0.167. The summed E-state index contributed by atoms with van der Waals surface area (Å²) in [5.74, 6) is -0.370. The van der Waals surface area contributed by atoms with Crippen molar-refractivity contribution in [3.05, 3.63) is 95.6 Å². The summed E-state index contributed by atoms with van der Waals surface area (Å²) >= 11 is 5.58. The van der Waals surface area contributed by atoms with Crippen LogP contribution in [0, 0.1) is 5.82 Å². The molecule has 30 heavy (non-hydrogen) atoms. The maximum Gasteiger partial charge on any atom is 0.238 e. The predicted molar refractivity (Wildman–Crippen MR) is 119 cm³/mol. The van der Waals surface area contributed by atoms with E-state index in [1.807, 2.05) is 24.3 Å². The Morgan fingerprint density at radius 3 is 2.37 bits per heavy atom. The molecule has 0 aliphatic rings. The lowest BCUT2D eigenvalue weighted by Gasteiger charge is -2.17. The summed E-state index contributed by atoms with van der Waals surface area (Å²) in [4.78, 5) is 0.224. The highest BCUT2D eigenvalue weighted by atomic mass is 32.1. The molecule has 6 heteroatoms. The molecule has 154 valence electrons. The largest absolute Gasteiger partial charge is 0.867 e. The second-order valence-electron chi connectivity index (χ2n) is 7.19. The third kappa shape index (κ3) is 5.09. The lowest BCUT2D eigenvalue weighted by Crippen LogP contribution is -2.40. The molecule has 0 atom stereocenters. The Morgan fingerprint density at radius 1 is 1.10 bits per heavy atom. The number of benzene rings is 2. The molecule has 0 fully saturated rings. The highest BCUT2D eigenvalue weighted by Gasteiger charge is 2.19. The topological polar surface area (TPSA) is 59.2 Å². The Labute approximate surface area is 181 Å². The monoisotopic (exact) mass is 422 g/mol. The zero-order chi connectivity index (χ0) is 21.7. The summed E-state index contributed by atoms with van der Waals surface area (Å²) in [7, 11) is 0. The number of aromatic nitrogens is 1. The van der Waals surface area contributed by atoms with Gasteiger partial charge in [-0.3, -0.25) is 0 Å². The maximum absolute atomic E-state index is 13.3. The second-order valence-corrected chi connectivity index (χ2v) is 7.60. The van der Waals surface area contributed by atoms with E-state index in [4.69, 9.17) is 12.2 Å². The zero-order valence-corrected chi connectivity index (χ0v) is 17.6. The van der Waals surface area contributed by atoms with Crippen molar-refractivity contribution in [2.45, 2.75) is 26.4 Å². The van der Waals surface area contributed by atoms with Crippen molar-refractivity contribution < 1.29 is 19.2 Å². The minimum atomic E-state index is -0.422. The number of hydrogen-bond donors (Lipinski definition) is 2. The molecule has 0 aliphatic heterocycles. The molecule has 0 radical (unpaired) electrons. The molecular formula is C24H23FN2O2S. The van der Waals surface area contributed by atoms with Crippen molar-refractivity contribution in [1.82, 2.24) is 0 Å². The molecule has 3 aromatic rings. The molecule has 2 aromatic carbocycles. The molecule has 3 rings (SSSR count). The van der Waals surface area contributed by atoms with Crippen molar-refractivity contribution in [1.29, 1.82) is 0 Å². The van der Waals surface area contributed by atoms with E-state index in [0.717, 1.165) is 5.69 Å². The van der Waals surface area contributed by atoms with E-state index in [-0.39, 0.29) is 23.1 Å². The van der Waals surface area contributed by atoms with Crippen LogP contribution in [0.3, 0.4) is 0 Å². The third-order valence-corrected chi connectivity index (χ3v) is 4.97. The lowest BCUT2D eigenvalue weighted by atomic mass is 10.0. The highest BCUT2D eigenvalue weighted by molar-refractivity contribution is 7.81. The summed E-state index contributed by atoms with van der Waals surface area (Å²) in [6.07, 6.45) is 3.33. The number of nitrogens with one attached hydrogen (secondary N) is 1. The fourth-order valence-electron chi connectivity index (χ4n) is 2.97. The molecule has 0 saturated carbocycles. The number of rotatable bonds is 6. The van der Waals surface area contributed by atoms with Crippen LogP contribution in [0.4, 0.5) is 10.1 Å². The normalized spacial score (nSPS) is 11.9. The van der Waals surface area contributed by atoms with Crippen LogP contribution in [0.15, 0.2) is 73.1 Å². The molecule has 0 amide bonds. The van der Waals surface area contributed by atoms with Crippen molar-refractivity contribution >= 4 is 34.3 Å². The quantitative estimate of drug-likeness (QED) is 0.274. The van der Waals surface area contributed by atoms with Gasteiger partial charge in [0.05, 0.1) is 6.61 Å². The van der Waals surface area contributed by atoms with Gasteiger partial charge in [-0.15, -0.1) is 0 Å². The summed E-state index contributed by atoms with van der Waals surface area (Å²) in [6.45, 7) is 4.06. The van der Waals surface area contributed by atoms with Crippen molar-refractivity contribution in [3.8, 4) is 0 Å². The molecule has 1 aromatic heterocycles.